The molecule has 0 N–H and O–H groups in total. The summed E-state index contributed by atoms with van der Waals surface area (Å²) in [6.07, 6.45) is 10.3. The van der Waals surface area contributed by atoms with E-state index in [2.05, 4.69) is 9.98 Å². The summed E-state index contributed by atoms with van der Waals surface area (Å²) in [5.74, 6) is 0. The Morgan fingerprint density at radius 1 is 1.08 bits per heavy atom. The Balaban J connectivity index is 2.33. The lowest BCUT2D eigenvalue weighted by Crippen LogP contribution is -1.98. The van der Waals surface area contributed by atoms with E-state index in [1.807, 2.05) is 48.5 Å². The lowest BCUT2D eigenvalue weighted by atomic mass is 10.2. The molecule has 1 aromatic heterocycles. The Morgan fingerprint density at radius 2 is 1.77 bits per heavy atom. The number of aliphatic imine (C=N–C) groups is 1. The first-order valence-electron chi connectivity index (χ1n) is 8.45. The maximum atomic E-state index is 13.1. The van der Waals surface area contributed by atoms with Crippen LogP contribution in [-0.4, -0.2) is 24.4 Å². The van der Waals surface area contributed by atoms with Crippen LogP contribution in [0.25, 0.3) is 6.08 Å². The van der Waals surface area contributed by atoms with Crippen molar-refractivity contribution in [1.82, 2.24) is 4.98 Å². The quantitative estimate of drug-likeness (QED) is 0.340. The average molecular weight is 370 g/mol. The molecule has 0 saturated heterocycles. The number of benzene rings is 1. The predicted molar refractivity (Wildman–Crippen MR) is 106 cm³/mol. The van der Waals surface area contributed by atoms with E-state index in [4.69, 9.17) is 9.05 Å². The number of hydrogen-bond donors (Lipinski definition) is 0. The lowest BCUT2D eigenvalue weighted by molar-refractivity contribution is 0.226. The zero-order valence-corrected chi connectivity index (χ0v) is 15.9. The van der Waals surface area contributed by atoms with Gasteiger partial charge in [-0.1, -0.05) is 48.6 Å². The maximum absolute atomic E-state index is 13.1. The molecule has 0 unspecified atom stereocenters. The Bertz CT molecular complexity index is 792. The van der Waals surface area contributed by atoms with Crippen LogP contribution in [0.3, 0.4) is 0 Å². The van der Waals surface area contributed by atoms with Crippen LogP contribution in [0.15, 0.2) is 77.4 Å². The van der Waals surface area contributed by atoms with Gasteiger partial charge < -0.3 is 9.05 Å². The van der Waals surface area contributed by atoms with Crippen LogP contribution in [0.5, 0.6) is 0 Å². The number of rotatable bonds is 9. The summed E-state index contributed by atoms with van der Waals surface area (Å²) in [4.78, 5) is 8.41. The van der Waals surface area contributed by atoms with E-state index in [0.29, 0.717) is 0 Å². The van der Waals surface area contributed by atoms with Crippen LogP contribution >= 0.6 is 7.60 Å². The average Bonchev–Trinajstić information content (AvgIpc) is 2.66. The molecule has 0 bridgehead atoms. The van der Waals surface area contributed by atoms with E-state index in [0.717, 1.165) is 11.1 Å². The highest BCUT2D eigenvalue weighted by molar-refractivity contribution is 7.58. The molecular formula is C20H23N2O3P. The summed E-state index contributed by atoms with van der Waals surface area (Å²) in [6.45, 7) is 4.07. The van der Waals surface area contributed by atoms with Crippen molar-refractivity contribution in [3.8, 4) is 0 Å². The molecule has 0 radical (unpaired) electrons. The first kappa shape index (κ1) is 20.0. The molecule has 5 nitrogen and oxygen atoms in total. The highest BCUT2D eigenvalue weighted by Crippen LogP contribution is 2.56. The van der Waals surface area contributed by atoms with Gasteiger partial charge in [-0.05, 0) is 31.6 Å². The van der Waals surface area contributed by atoms with Crippen molar-refractivity contribution in [2.45, 2.75) is 13.8 Å². The highest BCUT2D eigenvalue weighted by atomic mass is 31.2. The number of allylic oxidation sites excluding steroid dienone is 2. The van der Waals surface area contributed by atoms with E-state index in [1.54, 1.807) is 44.6 Å². The summed E-state index contributed by atoms with van der Waals surface area (Å²) in [5, 5.41) is 0. The van der Waals surface area contributed by atoms with Crippen molar-refractivity contribution in [2.75, 3.05) is 13.2 Å². The van der Waals surface area contributed by atoms with Crippen molar-refractivity contribution >= 4 is 19.9 Å². The number of pyridine rings is 1. The number of aromatic nitrogens is 1. The predicted octanol–water partition coefficient (Wildman–Crippen LogP) is 5.32. The molecule has 0 fully saturated rings. The van der Waals surface area contributed by atoms with Gasteiger partial charge in [-0.3, -0.25) is 9.55 Å². The van der Waals surface area contributed by atoms with Crippen LogP contribution in [0.2, 0.25) is 0 Å². The molecule has 1 heterocycles. The Hall–Kier alpha value is -2.33. The van der Waals surface area contributed by atoms with E-state index in [9.17, 15) is 4.57 Å². The van der Waals surface area contributed by atoms with Crippen molar-refractivity contribution < 1.29 is 13.6 Å². The van der Waals surface area contributed by atoms with Crippen molar-refractivity contribution in [3.05, 3.63) is 83.6 Å². The van der Waals surface area contributed by atoms with E-state index in [-0.39, 0.29) is 18.7 Å². The molecule has 0 amide bonds. The summed E-state index contributed by atoms with van der Waals surface area (Å²) in [6, 6.07) is 13.5. The SMILES string of the molecule is CCOP(=O)(OCC)C(=C\C=C\c1ccccc1)/N=C/c1cccnc1. The van der Waals surface area contributed by atoms with Gasteiger partial charge in [0, 0.05) is 24.2 Å². The second kappa shape index (κ2) is 10.6. The summed E-state index contributed by atoms with van der Waals surface area (Å²) < 4.78 is 24.0. The molecule has 2 aromatic rings. The molecule has 0 aliphatic rings. The molecule has 2 rings (SSSR count). The number of hydrogen-bond acceptors (Lipinski definition) is 5. The Kier molecular flexibility index (Phi) is 8.16. The standard InChI is InChI=1S/C20H23N2O3P/c1-3-24-26(23,25-4-2)20(22-17-19-13-9-15-21-16-19)14-8-12-18-10-6-5-7-11-18/h5-17H,3-4H2,1-2H3/b12-8+,20-14-,22-17+. The van der Waals surface area contributed by atoms with Gasteiger partial charge in [-0.15, -0.1) is 0 Å². The molecule has 0 aliphatic carbocycles. The van der Waals surface area contributed by atoms with Crippen LogP contribution < -0.4 is 0 Å². The highest BCUT2D eigenvalue weighted by Gasteiger charge is 2.29. The molecular weight excluding hydrogens is 347 g/mol. The third-order valence-electron chi connectivity index (χ3n) is 3.24. The van der Waals surface area contributed by atoms with E-state index in [1.165, 1.54) is 0 Å². The minimum Gasteiger partial charge on any atom is -0.304 e. The molecule has 0 aliphatic heterocycles. The largest absolute Gasteiger partial charge is 0.379 e. The Morgan fingerprint density at radius 3 is 2.38 bits per heavy atom. The second-order valence-corrected chi connectivity index (χ2v) is 7.14. The van der Waals surface area contributed by atoms with Gasteiger partial charge in [0.05, 0.1) is 13.2 Å². The van der Waals surface area contributed by atoms with Crippen LogP contribution in [0.4, 0.5) is 0 Å². The fraction of sp³-hybridized carbons (Fsp3) is 0.200. The zero-order valence-electron chi connectivity index (χ0n) is 15.0. The second-order valence-electron chi connectivity index (χ2n) is 5.17. The fourth-order valence-electron chi connectivity index (χ4n) is 2.12. The molecule has 6 heteroatoms. The topological polar surface area (TPSA) is 60.8 Å². The monoisotopic (exact) mass is 370 g/mol. The summed E-state index contributed by atoms with van der Waals surface area (Å²) in [5.41, 5.74) is 2.07. The lowest BCUT2D eigenvalue weighted by Gasteiger charge is -2.16. The summed E-state index contributed by atoms with van der Waals surface area (Å²) >= 11 is 0. The van der Waals surface area contributed by atoms with Crippen LogP contribution in [0, 0.1) is 0 Å². The van der Waals surface area contributed by atoms with E-state index >= 15 is 0 Å². The van der Waals surface area contributed by atoms with Gasteiger partial charge in [0.15, 0.2) is 5.44 Å². The first-order chi connectivity index (χ1) is 12.7. The molecule has 26 heavy (non-hydrogen) atoms. The molecule has 1 aromatic carbocycles. The minimum absolute atomic E-state index is 0.247. The third-order valence-corrected chi connectivity index (χ3v) is 5.26. The normalized spacial score (nSPS) is 12.9. The van der Waals surface area contributed by atoms with Crippen molar-refractivity contribution in [2.24, 2.45) is 4.99 Å². The van der Waals surface area contributed by atoms with Gasteiger partial charge in [0.2, 0.25) is 0 Å². The van der Waals surface area contributed by atoms with Gasteiger partial charge in [0.1, 0.15) is 0 Å². The van der Waals surface area contributed by atoms with Gasteiger partial charge >= 0.3 is 7.60 Å². The van der Waals surface area contributed by atoms with Crippen molar-refractivity contribution in [3.63, 3.8) is 0 Å². The molecule has 136 valence electrons. The third kappa shape index (κ3) is 6.19. The van der Waals surface area contributed by atoms with Crippen molar-refractivity contribution in [1.29, 1.82) is 0 Å². The molecule has 0 spiro atoms. The summed E-state index contributed by atoms with van der Waals surface area (Å²) in [7, 11) is -3.50. The first-order valence-corrected chi connectivity index (χ1v) is 9.99. The minimum atomic E-state index is -3.50. The van der Waals surface area contributed by atoms with Crippen LogP contribution in [-0.2, 0) is 13.6 Å². The number of nitrogens with zero attached hydrogens (tertiary/aromatic N) is 2. The van der Waals surface area contributed by atoms with Gasteiger partial charge in [-0.2, -0.15) is 0 Å². The van der Waals surface area contributed by atoms with E-state index < -0.39 is 7.60 Å². The smallest absolute Gasteiger partial charge is 0.304 e. The fourth-order valence-corrected chi connectivity index (χ4v) is 3.60. The van der Waals surface area contributed by atoms with Gasteiger partial charge in [0.25, 0.3) is 0 Å². The van der Waals surface area contributed by atoms with Crippen LogP contribution in [0.1, 0.15) is 25.0 Å². The maximum Gasteiger partial charge on any atom is 0.379 e. The molecule has 0 saturated carbocycles. The Labute approximate surface area is 154 Å². The zero-order chi connectivity index (χ0) is 18.7. The van der Waals surface area contributed by atoms with Gasteiger partial charge in [-0.25, -0.2) is 4.99 Å². The molecule has 0 atom stereocenters.